The minimum absolute atomic E-state index is 0.155. The molecular formula is C22H14FN3O3. The van der Waals surface area contributed by atoms with Crippen LogP contribution in [0.1, 0.15) is 5.56 Å². The van der Waals surface area contributed by atoms with Crippen molar-refractivity contribution in [2.45, 2.75) is 6.54 Å². The molecule has 4 amide bonds. The molecule has 0 unspecified atom stereocenters. The lowest BCUT2D eigenvalue weighted by Crippen LogP contribution is -2.54. The van der Waals surface area contributed by atoms with E-state index in [9.17, 15) is 18.8 Å². The van der Waals surface area contributed by atoms with E-state index >= 15 is 0 Å². The average molecular weight is 387 g/mol. The number of halogens is 1. The molecule has 0 bridgehead atoms. The normalized spacial score (nSPS) is 15.7. The van der Waals surface area contributed by atoms with Gasteiger partial charge in [-0.05, 0) is 36.4 Å². The lowest BCUT2D eigenvalue weighted by molar-refractivity contribution is -0.122. The van der Waals surface area contributed by atoms with Gasteiger partial charge >= 0.3 is 6.03 Å². The molecule has 3 aromatic rings. The number of barbiturate groups is 1. The van der Waals surface area contributed by atoms with Crippen molar-refractivity contribution in [1.82, 2.24) is 9.88 Å². The number of carbonyl (C=O) groups excluding carboxylic acids is 3. The van der Waals surface area contributed by atoms with Crippen molar-refractivity contribution >= 4 is 40.5 Å². The van der Waals surface area contributed by atoms with Gasteiger partial charge in [-0.15, -0.1) is 6.42 Å². The summed E-state index contributed by atoms with van der Waals surface area (Å²) in [4.78, 5) is 38.3. The third-order valence-corrected chi connectivity index (χ3v) is 4.57. The van der Waals surface area contributed by atoms with E-state index in [4.69, 9.17) is 6.42 Å². The predicted octanol–water partition coefficient (Wildman–Crippen LogP) is 3.08. The number of nitrogens with zero attached hydrogens (tertiary/aromatic N) is 2. The molecule has 1 aromatic heterocycles. The van der Waals surface area contributed by atoms with E-state index in [1.807, 2.05) is 28.8 Å². The fraction of sp³-hybridized carbons (Fsp3) is 0.0455. The number of urea groups is 1. The Kier molecular flexibility index (Phi) is 4.45. The second kappa shape index (κ2) is 7.09. The number of benzene rings is 2. The minimum Gasteiger partial charge on any atom is -0.335 e. The van der Waals surface area contributed by atoms with Crippen LogP contribution in [0.5, 0.6) is 0 Å². The second-order valence-corrected chi connectivity index (χ2v) is 6.37. The first-order valence-corrected chi connectivity index (χ1v) is 8.68. The smallest absolute Gasteiger partial charge is 0.335 e. The van der Waals surface area contributed by atoms with Crippen molar-refractivity contribution in [1.29, 1.82) is 0 Å². The number of aromatic nitrogens is 1. The van der Waals surface area contributed by atoms with E-state index in [0.29, 0.717) is 12.1 Å². The Labute approximate surface area is 165 Å². The Morgan fingerprint density at radius 1 is 1.07 bits per heavy atom. The Balaban J connectivity index is 1.81. The molecule has 29 heavy (non-hydrogen) atoms. The summed E-state index contributed by atoms with van der Waals surface area (Å²) in [5.74, 6) is 0.463. The molecule has 142 valence electrons. The number of fused-ring (bicyclic) bond motifs is 1. The van der Waals surface area contributed by atoms with Crippen LogP contribution in [-0.2, 0) is 16.1 Å². The summed E-state index contributed by atoms with van der Waals surface area (Å²) in [6.45, 7) is 0.323. The highest BCUT2D eigenvalue weighted by atomic mass is 19.1. The van der Waals surface area contributed by atoms with Gasteiger partial charge < -0.3 is 4.57 Å². The highest BCUT2D eigenvalue weighted by molar-refractivity contribution is 6.39. The predicted molar refractivity (Wildman–Crippen MR) is 106 cm³/mol. The average Bonchev–Trinajstić information content (AvgIpc) is 3.04. The topological polar surface area (TPSA) is 71.4 Å². The van der Waals surface area contributed by atoms with Crippen LogP contribution in [0.3, 0.4) is 0 Å². The van der Waals surface area contributed by atoms with Gasteiger partial charge in [-0.1, -0.05) is 24.1 Å². The van der Waals surface area contributed by atoms with Crippen LogP contribution in [0.15, 0.2) is 60.3 Å². The van der Waals surface area contributed by atoms with Crippen LogP contribution >= 0.6 is 0 Å². The number of carbonyl (C=O) groups is 3. The maximum absolute atomic E-state index is 13.2. The van der Waals surface area contributed by atoms with E-state index < -0.39 is 23.7 Å². The van der Waals surface area contributed by atoms with E-state index in [-0.39, 0.29) is 11.3 Å². The molecule has 4 rings (SSSR count). The molecule has 0 aliphatic carbocycles. The third kappa shape index (κ3) is 3.17. The summed E-state index contributed by atoms with van der Waals surface area (Å²) in [5, 5.41) is 2.96. The summed E-state index contributed by atoms with van der Waals surface area (Å²) in [7, 11) is 0. The van der Waals surface area contributed by atoms with E-state index in [2.05, 4.69) is 11.2 Å². The molecule has 2 heterocycles. The Morgan fingerprint density at radius 2 is 1.79 bits per heavy atom. The summed E-state index contributed by atoms with van der Waals surface area (Å²) >= 11 is 0. The quantitative estimate of drug-likeness (QED) is 0.427. The maximum atomic E-state index is 13.2. The number of nitrogens with one attached hydrogen (secondary N) is 1. The number of amides is 4. The largest absolute Gasteiger partial charge is 0.335 e. The van der Waals surface area contributed by atoms with Crippen molar-refractivity contribution in [2.75, 3.05) is 4.90 Å². The molecule has 1 fully saturated rings. The van der Waals surface area contributed by atoms with Crippen LogP contribution in [0.4, 0.5) is 14.9 Å². The van der Waals surface area contributed by atoms with E-state index in [1.165, 1.54) is 18.2 Å². The fourth-order valence-electron chi connectivity index (χ4n) is 3.26. The molecule has 1 aliphatic heterocycles. The first-order chi connectivity index (χ1) is 14.0. The fourth-order valence-corrected chi connectivity index (χ4v) is 3.26. The number of imide groups is 2. The molecule has 0 radical (unpaired) electrons. The van der Waals surface area contributed by atoms with Gasteiger partial charge in [0.05, 0.1) is 12.2 Å². The lowest BCUT2D eigenvalue weighted by Gasteiger charge is -2.26. The molecular weight excluding hydrogens is 373 g/mol. The summed E-state index contributed by atoms with van der Waals surface area (Å²) in [5.41, 5.74) is 1.41. The molecule has 1 aliphatic rings. The number of para-hydroxylation sites is 1. The molecule has 1 saturated heterocycles. The van der Waals surface area contributed by atoms with Crippen molar-refractivity contribution in [3.05, 3.63) is 71.7 Å². The first kappa shape index (κ1) is 18.2. The van der Waals surface area contributed by atoms with Crippen molar-refractivity contribution < 1.29 is 18.8 Å². The van der Waals surface area contributed by atoms with Gasteiger partial charge in [0.15, 0.2) is 0 Å². The zero-order valence-corrected chi connectivity index (χ0v) is 15.1. The van der Waals surface area contributed by atoms with Crippen LogP contribution in [0.25, 0.3) is 17.0 Å². The molecule has 2 aromatic carbocycles. The number of anilines is 1. The summed E-state index contributed by atoms with van der Waals surface area (Å²) in [6, 6.07) is 11.4. The molecule has 0 saturated carbocycles. The Bertz CT molecular complexity index is 1230. The number of hydrogen-bond acceptors (Lipinski definition) is 3. The van der Waals surface area contributed by atoms with Crippen LogP contribution < -0.4 is 10.2 Å². The number of hydrogen-bond donors (Lipinski definition) is 1. The zero-order chi connectivity index (χ0) is 20.5. The van der Waals surface area contributed by atoms with Gasteiger partial charge in [0.25, 0.3) is 11.8 Å². The van der Waals surface area contributed by atoms with Gasteiger partial charge in [-0.2, -0.15) is 0 Å². The molecule has 0 spiro atoms. The van der Waals surface area contributed by atoms with Crippen LogP contribution in [-0.4, -0.2) is 22.4 Å². The van der Waals surface area contributed by atoms with Gasteiger partial charge in [0.2, 0.25) is 0 Å². The summed E-state index contributed by atoms with van der Waals surface area (Å²) < 4.78 is 15.0. The van der Waals surface area contributed by atoms with Crippen LogP contribution in [0.2, 0.25) is 0 Å². The van der Waals surface area contributed by atoms with E-state index in [1.54, 1.807) is 6.20 Å². The maximum Gasteiger partial charge on any atom is 0.335 e. The second-order valence-electron chi connectivity index (χ2n) is 6.37. The lowest BCUT2D eigenvalue weighted by atomic mass is 10.1. The highest BCUT2D eigenvalue weighted by Gasteiger charge is 2.37. The highest BCUT2D eigenvalue weighted by Crippen LogP contribution is 2.26. The van der Waals surface area contributed by atoms with Gasteiger partial charge in [-0.3, -0.25) is 14.9 Å². The van der Waals surface area contributed by atoms with Gasteiger partial charge in [0.1, 0.15) is 11.4 Å². The van der Waals surface area contributed by atoms with Crippen molar-refractivity contribution in [3.63, 3.8) is 0 Å². The van der Waals surface area contributed by atoms with Gasteiger partial charge in [0, 0.05) is 22.7 Å². The summed E-state index contributed by atoms with van der Waals surface area (Å²) in [6.07, 6.45) is 8.60. The van der Waals surface area contributed by atoms with E-state index in [0.717, 1.165) is 27.9 Å². The minimum atomic E-state index is -0.890. The molecule has 6 nitrogen and oxygen atoms in total. The van der Waals surface area contributed by atoms with Crippen molar-refractivity contribution in [2.24, 2.45) is 0 Å². The van der Waals surface area contributed by atoms with Crippen molar-refractivity contribution in [3.8, 4) is 12.3 Å². The Morgan fingerprint density at radius 3 is 2.52 bits per heavy atom. The van der Waals surface area contributed by atoms with Crippen LogP contribution in [0, 0.1) is 18.2 Å². The number of rotatable bonds is 3. The van der Waals surface area contributed by atoms with Gasteiger partial charge in [-0.25, -0.2) is 14.1 Å². The third-order valence-electron chi connectivity index (χ3n) is 4.57. The Hall–Kier alpha value is -4.18. The SMILES string of the molecule is C#CCn1cc(C=C2C(=O)NC(=O)N(c3ccc(F)cc3)C2=O)c2ccccc21. The molecule has 1 N–H and O–H groups in total. The standard InChI is InChI=1S/C22H14FN3O3/c1-2-11-25-13-14(17-5-3-4-6-19(17)25)12-18-20(27)24-22(29)26(21(18)28)16-9-7-15(23)8-10-16/h1,3-10,12-13H,11H2,(H,24,27,29). The molecule has 7 heteroatoms. The number of terminal acetylenes is 1. The monoisotopic (exact) mass is 387 g/mol. The first-order valence-electron chi connectivity index (χ1n) is 8.68. The molecule has 0 atom stereocenters. The zero-order valence-electron chi connectivity index (χ0n) is 15.1.